The molecule has 1 amide bonds. The predicted octanol–water partition coefficient (Wildman–Crippen LogP) is 1.88. The minimum atomic E-state index is -0.965. The fourth-order valence-electron chi connectivity index (χ4n) is 1.93. The van der Waals surface area contributed by atoms with Gasteiger partial charge in [0.25, 0.3) is 0 Å². The molecule has 1 heterocycles. The number of hydrogen-bond donors (Lipinski definition) is 1. The highest BCUT2D eigenvalue weighted by atomic mass is 16.6. The molecule has 6 heteroatoms. The molecule has 0 spiro atoms. The smallest absolute Gasteiger partial charge is 0.410 e. The Balaban J connectivity index is 2.41. The number of carboxylic acids is 1. The summed E-state index contributed by atoms with van der Waals surface area (Å²) in [6, 6.07) is 0. The van der Waals surface area contributed by atoms with Crippen molar-refractivity contribution in [2.75, 3.05) is 19.7 Å². The van der Waals surface area contributed by atoms with Crippen LogP contribution in [0, 0.1) is 0 Å². The van der Waals surface area contributed by atoms with Gasteiger partial charge in [-0.2, -0.15) is 0 Å². The highest BCUT2D eigenvalue weighted by Gasteiger charge is 2.25. The maximum atomic E-state index is 11.9. The molecule has 0 aromatic rings. The minimum absolute atomic E-state index is 0.0939. The van der Waals surface area contributed by atoms with Gasteiger partial charge in [-0.05, 0) is 40.0 Å². The molecule has 1 fully saturated rings. The average Bonchev–Trinajstić information content (AvgIpc) is 2.49. The van der Waals surface area contributed by atoms with Gasteiger partial charge in [-0.1, -0.05) is 0 Å². The molecule has 1 rings (SSSR count). The van der Waals surface area contributed by atoms with Crippen LogP contribution in [0.5, 0.6) is 0 Å². The van der Waals surface area contributed by atoms with E-state index >= 15 is 0 Å². The monoisotopic (exact) mass is 273 g/mol. The lowest BCUT2D eigenvalue weighted by Gasteiger charge is -2.26. The second kappa shape index (κ2) is 6.75. The predicted molar refractivity (Wildman–Crippen MR) is 69.0 cm³/mol. The maximum absolute atomic E-state index is 11.9. The zero-order valence-electron chi connectivity index (χ0n) is 11.8. The molecule has 0 aromatic heterocycles. The van der Waals surface area contributed by atoms with Gasteiger partial charge in [0.2, 0.25) is 0 Å². The van der Waals surface area contributed by atoms with Crippen molar-refractivity contribution in [3.63, 3.8) is 0 Å². The van der Waals surface area contributed by atoms with Crippen molar-refractivity contribution in [2.45, 2.75) is 51.7 Å². The van der Waals surface area contributed by atoms with Crippen LogP contribution in [0.4, 0.5) is 4.79 Å². The quantitative estimate of drug-likeness (QED) is 0.849. The molecule has 1 unspecified atom stereocenters. The Bertz CT molecular complexity index is 323. The van der Waals surface area contributed by atoms with Gasteiger partial charge in [-0.3, -0.25) is 0 Å². The molecular formula is C13H23NO5. The summed E-state index contributed by atoms with van der Waals surface area (Å²) in [5.74, 6) is -0.965. The van der Waals surface area contributed by atoms with E-state index in [1.54, 1.807) is 4.90 Å². The number of carbonyl (C=O) groups is 2. The lowest BCUT2D eigenvalue weighted by molar-refractivity contribution is -0.144. The zero-order chi connectivity index (χ0) is 14.5. The summed E-state index contributed by atoms with van der Waals surface area (Å²) in [5.41, 5.74) is -0.497. The van der Waals surface area contributed by atoms with Crippen molar-refractivity contribution in [2.24, 2.45) is 0 Å². The van der Waals surface area contributed by atoms with Crippen LogP contribution < -0.4 is 0 Å². The third-order valence-electron chi connectivity index (χ3n) is 2.77. The Morgan fingerprint density at radius 2 is 1.95 bits per heavy atom. The second-order valence-electron chi connectivity index (χ2n) is 5.73. The van der Waals surface area contributed by atoms with Crippen molar-refractivity contribution in [3.8, 4) is 0 Å². The summed E-state index contributed by atoms with van der Waals surface area (Å²) in [6.07, 6.45) is 1.80. The van der Waals surface area contributed by atoms with Crippen LogP contribution in [0.25, 0.3) is 0 Å². The molecule has 0 aromatic carbocycles. The third kappa shape index (κ3) is 6.42. The molecule has 0 radical (unpaired) electrons. The molecule has 1 atom stereocenters. The van der Waals surface area contributed by atoms with E-state index in [9.17, 15) is 9.59 Å². The fourth-order valence-corrected chi connectivity index (χ4v) is 1.93. The molecule has 0 aliphatic carbocycles. The lowest BCUT2D eigenvalue weighted by Crippen LogP contribution is -2.37. The van der Waals surface area contributed by atoms with Gasteiger partial charge in [-0.25, -0.2) is 9.59 Å². The van der Waals surface area contributed by atoms with Crippen molar-refractivity contribution in [1.29, 1.82) is 0 Å². The number of carbonyl (C=O) groups excluding carboxylic acids is 1. The molecule has 1 N–H and O–H groups in total. The van der Waals surface area contributed by atoms with E-state index in [4.69, 9.17) is 14.6 Å². The van der Waals surface area contributed by atoms with Crippen LogP contribution in [0.1, 0.15) is 40.0 Å². The van der Waals surface area contributed by atoms with Gasteiger partial charge in [-0.15, -0.1) is 0 Å². The first-order valence-corrected chi connectivity index (χ1v) is 6.59. The molecule has 0 bridgehead atoms. The van der Waals surface area contributed by atoms with Crippen LogP contribution >= 0.6 is 0 Å². The first-order chi connectivity index (χ1) is 8.78. The Labute approximate surface area is 113 Å². The first-order valence-electron chi connectivity index (χ1n) is 6.59. The number of likely N-dealkylation sites (tertiary alicyclic amines) is 1. The average molecular weight is 273 g/mol. The first kappa shape index (κ1) is 15.8. The third-order valence-corrected chi connectivity index (χ3v) is 2.77. The number of aliphatic carboxylic acids is 1. The zero-order valence-corrected chi connectivity index (χ0v) is 11.8. The lowest BCUT2D eigenvalue weighted by atomic mass is 10.2. The van der Waals surface area contributed by atoms with Gasteiger partial charge in [0.1, 0.15) is 12.2 Å². The molecule has 110 valence electrons. The number of rotatable bonds is 3. The number of carboxylic acid groups (broad SMARTS) is 1. The minimum Gasteiger partial charge on any atom is -0.480 e. The largest absolute Gasteiger partial charge is 0.480 e. The van der Waals surface area contributed by atoms with Gasteiger partial charge >= 0.3 is 12.1 Å². The summed E-state index contributed by atoms with van der Waals surface area (Å²) >= 11 is 0. The van der Waals surface area contributed by atoms with Gasteiger partial charge in [0.05, 0.1) is 6.10 Å². The highest BCUT2D eigenvalue weighted by Crippen LogP contribution is 2.17. The number of ether oxygens (including phenoxy) is 2. The topological polar surface area (TPSA) is 76.1 Å². The molecule has 1 aliphatic heterocycles. The second-order valence-corrected chi connectivity index (χ2v) is 5.73. The normalized spacial score (nSPS) is 20.8. The highest BCUT2D eigenvalue weighted by molar-refractivity contribution is 5.68. The summed E-state index contributed by atoms with van der Waals surface area (Å²) in [4.78, 5) is 24.0. The molecule has 1 aliphatic rings. The van der Waals surface area contributed by atoms with E-state index in [2.05, 4.69) is 0 Å². The standard InChI is InChI=1S/C13H23NO5/c1-13(2,3)19-12(17)14-7-4-5-10(6-8-14)18-9-11(15)16/h10H,4-9H2,1-3H3,(H,15,16). The van der Waals surface area contributed by atoms with Crippen molar-refractivity contribution in [3.05, 3.63) is 0 Å². The van der Waals surface area contributed by atoms with E-state index in [0.29, 0.717) is 19.5 Å². The molecular weight excluding hydrogens is 250 g/mol. The number of hydrogen-bond acceptors (Lipinski definition) is 4. The Hall–Kier alpha value is -1.30. The van der Waals surface area contributed by atoms with Crippen molar-refractivity contribution in [1.82, 2.24) is 4.90 Å². The van der Waals surface area contributed by atoms with E-state index < -0.39 is 11.6 Å². The SMILES string of the molecule is CC(C)(C)OC(=O)N1CCCC(OCC(=O)O)CC1. The number of amides is 1. The van der Waals surface area contributed by atoms with E-state index in [1.807, 2.05) is 20.8 Å². The van der Waals surface area contributed by atoms with Gasteiger partial charge < -0.3 is 19.5 Å². The summed E-state index contributed by atoms with van der Waals surface area (Å²) in [7, 11) is 0. The van der Waals surface area contributed by atoms with Gasteiger partial charge in [0, 0.05) is 13.1 Å². The van der Waals surface area contributed by atoms with Crippen LogP contribution in [-0.2, 0) is 14.3 Å². The van der Waals surface area contributed by atoms with Crippen LogP contribution in [0.3, 0.4) is 0 Å². The maximum Gasteiger partial charge on any atom is 0.410 e. The van der Waals surface area contributed by atoms with E-state index in [-0.39, 0.29) is 18.8 Å². The van der Waals surface area contributed by atoms with Crippen molar-refractivity contribution >= 4 is 12.1 Å². The van der Waals surface area contributed by atoms with Gasteiger partial charge in [0.15, 0.2) is 0 Å². The molecule has 1 saturated heterocycles. The summed E-state index contributed by atoms with van der Waals surface area (Å²) < 4.78 is 10.6. The van der Waals surface area contributed by atoms with Crippen molar-refractivity contribution < 1.29 is 24.2 Å². The van der Waals surface area contributed by atoms with Crippen LogP contribution in [-0.4, -0.2) is 53.5 Å². The Morgan fingerprint density at radius 3 is 2.53 bits per heavy atom. The van der Waals surface area contributed by atoms with E-state index in [1.165, 1.54) is 0 Å². The Kier molecular flexibility index (Phi) is 5.60. The fraction of sp³-hybridized carbons (Fsp3) is 0.846. The van der Waals surface area contributed by atoms with Crippen LogP contribution in [0.2, 0.25) is 0 Å². The number of nitrogens with zero attached hydrogens (tertiary/aromatic N) is 1. The molecule has 0 saturated carbocycles. The summed E-state index contributed by atoms with van der Waals surface area (Å²) in [5, 5.41) is 8.57. The summed E-state index contributed by atoms with van der Waals surface area (Å²) in [6.45, 7) is 6.39. The van der Waals surface area contributed by atoms with E-state index in [0.717, 1.165) is 12.8 Å². The molecule has 19 heavy (non-hydrogen) atoms. The molecule has 6 nitrogen and oxygen atoms in total. The Morgan fingerprint density at radius 1 is 1.26 bits per heavy atom. The van der Waals surface area contributed by atoms with Crippen LogP contribution in [0.15, 0.2) is 0 Å².